The van der Waals surface area contributed by atoms with Crippen molar-refractivity contribution in [2.24, 2.45) is 17.8 Å². The van der Waals surface area contributed by atoms with Crippen LogP contribution in [-0.2, 0) is 9.53 Å². The van der Waals surface area contributed by atoms with Gasteiger partial charge in [-0.1, -0.05) is 66.7 Å². The van der Waals surface area contributed by atoms with Crippen LogP contribution in [0.1, 0.15) is 12.8 Å². The lowest BCUT2D eigenvalue weighted by atomic mass is 9.90. The summed E-state index contributed by atoms with van der Waals surface area (Å²) in [5.41, 5.74) is -0.204. The summed E-state index contributed by atoms with van der Waals surface area (Å²) in [7, 11) is -0.774. The quantitative estimate of drug-likeness (QED) is 0.323. The van der Waals surface area contributed by atoms with Gasteiger partial charge in [0.1, 0.15) is 23.2 Å². The maximum atomic E-state index is 13.7. The van der Waals surface area contributed by atoms with E-state index < -0.39 is 7.26 Å². The molecule has 2 aliphatic carbocycles. The number of benzene rings is 3. The van der Waals surface area contributed by atoms with Gasteiger partial charge in [0.15, 0.2) is 5.66 Å². The third-order valence-electron chi connectivity index (χ3n) is 7.09. The molecule has 5 rings (SSSR count). The number of allylic oxidation sites excluding steroid dienone is 2. The van der Waals surface area contributed by atoms with E-state index in [1.54, 1.807) is 7.11 Å². The second-order valence-electron chi connectivity index (χ2n) is 8.64. The van der Waals surface area contributed by atoms with Crippen LogP contribution >= 0.6 is 7.26 Å². The second-order valence-corrected chi connectivity index (χ2v) is 12.2. The molecule has 31 heavy (non-hydrogen) atoms. The molecule has 0 spiro atoms. The van der Waals surface area contributed by atoms with E-state index in [4.69, 9.17) is 4.74 Å². The van der Waals surface area contributed by atoms with Crippen molar-refractivity contribution in [3.63, 3.8) is 0 Å². The van der Waals surface area contributed by atoms with Crippen LogP contribution in [0.3, 0.4) is 0 Å². The Morgan fingerprint density at radius 2 is 1.26 bits per heavy atom. The molecule has 3 heteroatoms. The third-order valence-corrected chi connectivity index (χ3v) is 11.9. The summed E-state index contributed by atoms with van der Waals surface area (Å²) in [4.78, 5) is 13.7. The minimum Gasteiger partial charge on any atom is -0.466 e. The van der Waals surface area contributed by atoms with Gasteiger partial charge < -0.3 is 4.74 Å². The average Bonchev–Trinajstić information content (AvgIpc) is 3.47. The summed E-state index contributed by atoms with van der Waals surface area (Å²) in [6.45, 7) is 0. The standard InChI is InChI=1S/C28H28O2P/c1-30-28(29)27(26-20-21-17-18-22(26)19-21)31(23-11-5-2-6-12-23,24-13-7-3-8-14-24)25-15-9-4-10-16-25/h2-18,21-22,26-27H,19-20H2,1H3/q+1. The Kier molecular flexibility index (Phi) is 5.50. The molecular weight excluding hydrogens is 399 g/mol. The van der Waals surface area contributed by atoms with Crippen molar-refractivity contribution >= 4 is 29.1 Å². The minimum atomic E-state index is -2.32. The summed E-state index contributed by atoms with van der Waals surface area (Å²) >= 11 is 0. The van der Waals surface area contributed by atoms with Gasteiger partial charge in [-0.2, -0.15) is 0 Å². The molecule has 0 heterocycles. The highest BCUT2D eigenvalue weighted by atomic mass is 31.2. The van der Waals surface area contributed by atoms with E-state index in [-0.39, 0.29) is 17.5 Å². The van der Waals surface area contributed by atoms with E-state index in [0.29, 0.717) is 11.8 Å². The van der Waals surface area contributed by atoms with Gasteiger partial charge in [0.05, 0.1) is 7.11 Å². The van der Waals surface area contributed by atoms with Gasteiger partial charge in [0.2, 0.25) is 0 Å². The molecule has 156 valence electrons. The van der Waals surface area contributed by atoms with Crippen molar-refractivity contribution in [2.75, 3.05) is 7.11 Å². The molecule has 2 bridgehead atoms. The van der Waals surface area contributed by atoms with Crippen LogP contribution in [-0.4, -0.2) is 18.7 Å². The van der Waals surface area contributed by atoms with Crippen LogP contribution in [0.4, 0.5) is 0 Å². The zero-order chi connectivity index (χ0) is 21.3. The van der Waals surface area contributed by atoms with E-state index >= 15 is 0 Å². The molecule has 2 nitrogen and oxygen atoms in total. The molecule has 1 saturated carbocycles. The number of carbonyl (C=O) groups is 1. The lowest BCUT2D eigenvalue weighted by Gasteiger charge is -2.37. The van der Waals surface area contributed by atoms with Crippen molar-refractivity contribution < 1.29 is 9.53 Å². The molecule has 0 amide bonds. The maximum absolute atomic E-state index is 13.7. The van der Waals surface area contributed by atoms with Gasteiger partial charge in [-0.25, -0.2) is 4.79 Å². The van der Waals surface area contributed by atoms with Crippen molar-refractivity contribution in [1.82, 2.24) is 0 Å². The molecule has 0 saturated heterocycles. The lowest BCUT2D eigenvalue weighted by molar-refractivity contribution is -0.141. The first-order valence-electron chi connectivity index (χ1n) is 11.1. The zero-order valence-electron chi connectivity index (χ0n) is 17.8. The second kappa shape index (κ2) is 8.44. The highest BCUT2D eigenvalue weighted by Gasteiger charge is 2.62. The Bertz CT molecular complexity index is 965. The Morgan fingerprint density at radius 1 is 0.774 bits per heavy atom. The number of rotatable bonds is 6. The highest BCUT2D eigenvalue weighted by Crippen LogP contribution is 2.65. The van der Waals surface area contributed by atoms with Crippen LogP contribution in [0.5, 0.6) is 0 Å². The molecule has 3 aromatic carbocycles. The van der Waals surface area contributed by atoms with Crippen molar-refractivity contribution in [3.8, 4) is 0 Å². The largest absolute Gasteiger partial charge is 0.466 e. The molecule has 4 unspecified atom stereocenters. The van der Waals surface area contributed by atoms with Crippen molar-refractivity contribution in [1.29, 1.82) is 0 Å². The molecule has 0 aromatic heterocycles. The van der Waals surface area contributed by atoms with Gasteiger partial charge in [0, 0.05) is 5.92 Å². The predicted octanol–water partition coefficient (Wildman–Crippen LogP) is 4.73. The van der Waals surface area contributed by atoms with Crippen LogP contribution in [0, 0.1) is 17.8 Å². The number of hydrogen-bond acceptors (Lipinski definition) is 2. The SMILES string of the molecule is COC(=O)C(C1CC2C=CC1C2)[P+](c1ccccc1)(c1ccccc1)c1ccccc1. The number of esters is 1. The third kappa shape index (κ3) is 3.34. The number of ether oxygens (including phenoxy) is 1. The molecule has 0 radical (unpaired) electrons. The number of carbonyl (C=O) groups excluding carboxylic acids is 1. The van der Waals surface area contributed by atoms with Gasteiger partial charge >= 0.3 is 5.97 Å². The number of methoxy groups -OCH3 is 1. The van der Waals surface area contributed by atoms with E-state index in [0.717, 1.165) is 12.8 Å². The van der Waals surface area contributed by atoms with Gasteiger partial charge in [-0.15, -0.1) is 0 Å². The molecule has 0 N–H and O–H groups in total. The van der Waals surface area contributed by atoms with Gasteiger partial charge in [-0.3, -0.25) is 0 Å². The average molecular weight is 428 g/mol. The first-order chi connectivity index (χ1) is 15.2. The van der Waals surface area contributed by atoms with Crippen LogP contribution < -0.4 is 15.9 Å². The lowest BCUT2D eigenvalue weighted by Crippen LogP contribution is -2.47. The van der Waals surface area contributed by atoms with Gasteiger partial charge in [-0.05, 0) is 61.1 Å². The maximum Gasteiger partial charge on any atom is 0.348 e. The molecular formula is C28H28O2P+. The van der Waals surface area contributed by atoms with E-state index in [1.807, 2.05) is 0 Å². The highest BCUT2D eigenvalue weighted by molar-refractivity contribution is 7.96. The fourth-order valence-electron chi connectivity index (χ4n) is 5.85. The first kappa shape index (κ1) is 20.2. The topological polar surface area (TPSA) is 26.3 Å². The summed E-state index contributed by atoms with van der Waals surface area (Å²) in [5, 5.41) is 3.73. The smallest absolute Gasteiger partial charge is 0.348 e. The Labute approximate surface area is 185 Å². The summed E-state index contributed by atoms with van der Waals surface area (Å²) in [6, 6.07) is 32.1. The van der Waals surface area contributed by atoms with Crippen LogP contribution in [0.25, 0.3) is 0 Å². The van der Waals surface area contributed by atoms with Crippen molar-refractivity contribution in [2.45, 2.75) is 18.5 Å². The predicted molar refractivity (Wildman–Crippen MR) is 130 cm³/mol. The minimum absolute atomic E-state index is 0.0733. The fraction of sp³-hybridized carbons (Fsp3) is 0.250. The summed E-state index contributed by atoms with van der Waals surface area (Å²) in [5.74, 6) is 1.25. The van der Waals surface area contributed by atoms with Crippen molar-refractivity contribution in [3.05, 3.63) is 103 Å². The molecule has 1 fully saturated rings. The van der Waals surface area contributed by atoms with E-state index in [9.17, 15) is 4.79 Å². The molecule has 2 aliphatic rings. The Hall–Kier alpha value is -2.70. The Balaban J connectivity index is 1.84. The zero-order valence-corrected chi connectivity index (χ0v) is 18.7. The molecule has 3 aromatic rings. The number of fused-ring (bicyclic) bond motifs is 2. The van der Waals surface area contributed by atoms with Crippen LogP contribution in [0.2, 0.25) is 0 Å². The monoisotopic (exact) mass is 427 g/mol. The molecule has 4 atom stereocenters. The fourth-order valence-corrected chi connectivity index (χ4v) is 11.0. The normalized spacial score (nSPS) is 22.9. The number of hydrogen-bond donors (Lipinski definition) is 0. The Morgan fingerprint density at radius 3 is 1.61 bits per heavy atom. The van der Waals surface area contributed by atoms with E-state index in [1.165, 1.54) is 15.9 Å². The van der Waals surface area contributed by atoms with E-state index in [2.05, 4.69) is 103 Å². The van der Waals surface area contributed by atoms with Crippen LogP contribution in [0.15, 0.2) is 103 Å². The summed E-state index contributed by atoms with van der Waals surface area (Å²) in [6.07, 6.45) is 6.93. The molecule has 0 aliphatic heterocycles. The summed E-state index contributed by atoms with van der Waals surface area (Å²) < 4.78 is 5.57. The van der Waals surface area contributed by atoms with Gasteiger partial charge in [0.25, 0.3) is 0 Å². The first-order valence-corrected chi connectivity index (χ1v) is 12.9.